The Morgan fingerprint density at radius 3 is 1.79 bits per heavy atom. The average molecular weight is 565 g/mol. The van der Waals surface area contributed by atoms with E-state index in [1.54, 1.807) is 24.3 Å². The molecule has 0 amide bonds. The second-order valence-corrected chi connectivity index (χ2v) is 9.90. The van der Waals surface area contributed by atoms with Crippen molar-refractivity contribution in [2.45, 2.75) is 0 Å². The van der Waals surface area contributed by atoms with Crippen molar-refractivity contribution in [1.29, 1.82) is 0 Å². The first-order valence-electron chi connectivity index (χ1n) is 22.3. The summed E-state index contributed by atoms with van der Waals surface area (Å²) in [4.78, 5) is 0. The molecule has 0 aliphatic rings. The monoisotopic (exact) mass is 564 g/mol. The molecule has 0 radical (unpaired) electrons. The van der Waals surface area contributed by atoms with Crippen LogP contribution in [0.25, 0.3) is 87.6 Å². The number of rotatable bonds is 3. The lowest BCUT2D eigenvalue weighted by Gasteiger charge is -2.19. The Bertz CT molecular complexity index is 3440. The quantitative estimate of drug-likeness (QED) is 0.195. The lowest BCUT2D eigenvalue weighted by molar-refractivity contribution is 0.669. The van der Waals surface area contributed by atoms with Gasteiger partial charge in [0.1, 0.15) is 11.2 Å². The Balaban J connectivity index is 1.47. The minimum atomic E-state index is -0.653. The van der Waals surface area contributed by atoms with Gasteiger partial charge in [-0.2, -0.15) is 0 Å². The summed E-state index contributed by atoms with van der Waals surface area (Å²) in [5, 5.41) is 0.251. The van der Waals surface area contributed by atoms with Crippen molar-refractivity contribution in [1.82, 2.24) is 0 Å². The first kappa shape index (κ1) is 12.3. The zero-order valence-corrected chi connectivity index (χ0v) is 22.0. The van der Waals surface area contributed by atoms with Crippen LogP contribution in [0.1, 0.15) is 24.7 Å². The molecular formula is C42H26O. The fraction of sp³-hybridized carbons (Fsp3) is 0. The zero-order valence-electron chi connectivity index (χ0n) is 40.0. The number of benzene rings is 8. The van der Waals surface area contributed by atoms with Crippen molar-refractivity contribution in [3.8, 4) is 33.4 Å². The third-order valence-electron chi connectivity index (χ3n) is 7.64. The summed E-state index contributed by atoms with van der Waals surface area (Å²) >= 11 is 0. The minimum absolute atomic E-state index is 0.0123. The molecule has 200 valence electrons. The molecule has 1 heteroatoms. The molecule has 0 spiro atoms. The number of hydrogen-bond donors (Lipinski definition) is 0. The highest BCUT2D eigenvalue weighted by molar-refractivity contribution is 6.23. The second kappa shape index (κ2) is 9.44. The van der Waals surface area contributed by atoms with Gasteiger partial charge in [-0.15, -0.1) is 0 Å². The molecule has 8 aromatic carbocycles. The van der Waals surface area contributed by atoms with Crippen molar-refractivity contribution in [2.75, 3.05) is 0 Å². The topological polar surface area (TPSA) is 13.1 Å². The Morgan fingerprint density at radius 1 is 0.419 bits per heavy atom. The van der Waals surface area contributed by atoms with Gasteiger partial charge < -0.3 is 4.42 Å². The van der Waals surface area contributed by atoms with Crippen LogP contribution in [0.4, 0.5) is 0 Å². The molecule has 1 nitrogen and oxygen atoms in total. The van der Waals surface area contributed by atoms with Gasteiger partial charge in [0.2, 0.25) is 0 Å². The molecule has 0 saturated heterocycles. The summed E-state index contributed by atoms with van der Waals surface area (Å²) in [6.45, 7) is 0. The largest absolute Gasteiger partial charge is 0.456 e. The van der Waals surface area contributed by atoms with Gasteiger partial charge in [-0.25, -0.2) is 0 Å². The molecule has 43 heavy (non-hydrogen) atoms. The summed E-state index contributed by atoms with van der Waals surface area (Å²) in [6, 6.07) is 3.06. The van der Waals surface area contributed by atoms with Crippen LogP contribution < -0.4 is 0 Å². The van der Waals surface area contributed by atoms with Crippen LogP contribution in [0.5, 0.6) is 0 Å². The molecule has 0 unspecified atom stereocenters. The number of fused-ring (bicyclic) bond motifs is 6. The van der Waals surface area contributed by atoms with Crippen LogP contribution in [0, 0.1) is 0 Å². The van der Waals surface area contributed by atoms with Gasteiger partial charge in [0.25, 0.3) is 0 Å². The highest BCUT2D eigenvalue weighted by Gasteiger charge is 2.19. The molecule has 0 aliphatic carbocycles. The van der Waals surface area contributed by atoms with Gasteiger partial charge in [0, 0.05) is 10.8 Å². The Labute approximate surface area is 274 Å². The van der Waals surface area contributed by atoms with E-state index in [0.717, 1.165) is 0 Å². The van der Waals surface area contributed by atoms with E-state index in [1.807, 2.05) is 0 Å². The maximum Gasteiger partial charge on any atom is 0.136 e. The van der Waals surface area contributed by atoms with Crippen LogP contribution >= 0.6 is 0 Å². The minimum Gasteiger partial charge on any atom is -0.456 e. The van der Waals surface area contributed by atoms with Crippen LogP contribution in [0.15, 0.2) is 162 Å². The van der Waals surface area contributed by atoms with Crippen LogP contribution in [-0.2, 0) is 0 Å². The van der Waals surface area contributed by atoms with Crippen molar-refractivity contribution in [3.63, 3.8) is 0 Å². The number of hydrogen-bond acceptors (Lipinski definition) is 1. The Hall–Kier alpha value is -5.66. The van der Waals surface area contributed by atoms with E-state index in [4.69, 9.17) is 27.7 Å². The van der Waals surface area contributed by atoms with Gasteiger partial charge in [-0.05, 0) is 83.8 Å². The van der Waals surface area contributed by atoms with Crippen LogP contribution in [0.2, 0.25) is 0 Å². The van der Waals surface area contributed by atoms with Crippen molar-refractivity contribution < 1.29 is 29.1 Å². The fourth-order valence-electron chi connectivity index (χ4n) is 5.87. The SMILES string of the molecule is [2H]c1cc2c(-c3cccc(-c4c([2H])c([2H])c([2H])c5oc6c([2H])c([2H])c([2H])c([2H])c6c45)c3)c3cc([2H])c([2H])cc3c(-c3c([2H])c([2H])c([2H])c4c([2H])c([2H])c([2H])c([2H])c34)c2cc1[2H]. The van der Waals surface area contributed by atoms with E-state index in [0.29, 0.717) is 11.1 Å². The lowest BCUT2D eigenvalue weighted by atomic mass is 9.84. The van der Waals surface area contributed by atoms with E-state index < -0.39 is 84.6 Å². The van der Waals surface area contributed by atoms with Gasteiger partial charge in [0.05, 0.1) is 24.7 Å². The number of furan rings is 1. The Kier molecular flexibility index (Phi) is 2.70. The molecular weight excluding hydrogens is 520 g/mol. The van der Waals surface area contributed by atoms with Crippen molar-refractivity contribution >= 4 is 54.3 Å². The Morgan fingerprint density at radius 2 is 1.00 bits per heavy atom. The van der Waals surface area contributed by atoms with Gasteiger partial charge >= 0.3 is 0 Å². The molecule has 0 fully saturated rings. The van der Waals surface area contributed by atoms with E-state index in [2.05, 4.69) is 0 Å². The molecule has 9 aromatic rings. The van der Waals surface area contributed by atoms with Gasteiger partial charge in [-0.3, -0.25) is 0 Å². The standard InChI is InChI=1S/C42H26O/c1-2-16-30-27(12-1)13-10-23-32(30)41-35-19-5-3-17-33(35)40(34-18-4-6-20-36(34)41)29-15-9-14-28(26-29)31-22-11-25-39-42(31)37-21-7-8-24-38(37)43-39/h1-26H/i1D,2D,3D,4D,5D,6D,7D,8D,10D,11D,12D,13D,16D,21D,22D,23D,24D,25D. The summed E-state index contributed by atoms with van der Waals surface area (Å²) in [6.07, 6.45) is 0. The molecule has 1 heterocycles. The summed E-state index contributed by atoms with van der Waals surface area (Å²) in [5.74, 6) is 0. The highest BCUT2D eigenvalue weighted by atomic mass is 16.3. The zero-order chi connectivity index (χ0) is 44.0. The van der Waals surface area contributed by atoms with Crippen LogP contribution in [-0.4, -0.2) is 0 Å². The summed E-state index contributed by atoms with van der Waals surface area (Å²) < 4.78 is 162. The molecule has 0 aliphatic heterocycles. The maximum absolute atomic E-state index is 9.22. The average Bonchev–Trinajstić information content (AvgIpc) is 3.63. The second-order valence-electron chi connectivity index (χ2n) is 9.90. The van der Waals surface area contributed by atoms with E-state index >= 15 is 0 Å². The third kappa shape index (κ3) is 3.65. The molecule has 0 bridgehead atoms. The highest BCUT2D eigenvalue weighted by Crippen LogP contribution is 2.46. The third-order valence-corrected chi connectivity index (χ3v) is 7.64. The molecule has 0 atom stereocenters. The smallest absolute Gasteiger partial charge is 0.136 e. The van der Waals surface area contributed by atoms with E-state index in [9.17, 15) is 1.37 Å². The predicted molar refractivity (Wildman–Crippen MR) is 183 cm³/mol. The molecule has 0 N–H and O–H groups in total. The fourth-order valence-corrected chi connectivity index (χ4v) is 5.87. The molecule has 0 saturated carbocycles. The lowest BCUT2D eigenvalue weighted by Crippen LogP contribution is -1.92. The van der Waals surface area contributed by atoms with E-state index in [-0.39, 0.29) is 101 Å². The first-order chi connectivity index (χ1) is 28.8. The molecule has 1 aromatic heterocycles. The predicted octanol–water partition coefficient (Wildman–Crippen LogP) is 12.0. The number of para-hydroxylation sites is 1. The van der Waals surface area contributed by atoms with Gasteiger partial charge in [-0.1, -0.05) is 139 Å². The van der Waals surface area contributed by atoms with E-state index in [1.165, 1.54) is 24.3 Å². The summed E-state index contributed by atoms with van der Waals surface area (Å²) in [7, 11) is 0. The van der Waals surface area contributed by atoms with Gasteiger partial charge in [0.15, 0.2) is 0 Å². The van der Waals surface area contributed by atoms with Crippen LogP contribution in [0.3, 0.4) is 0 Å². The van der Waals surface area contributed by atoms with Crippen molar-refractivity contribution in [3.05, 3.63) is 157 Å². The molecule has 9 rings (SSSR count). The summed E-state index contributed by atoms with van der Waals surface area (Å²) in [5.41, 5.74) is 0.399. The first-order valence-corrected chi connectivity index (χ1v) is 13.3. The normalized spacial score (nSPS) is 17.6. The maximum atomic E-state index is 9.22. The van der Waals surface area contributed by atoms with Crippen molar-refractivity contribution in [2.24, 2.45) is 0 Å².